The van der Waals surface area contributed by atoms with E-state index >= 15 is 0 Å². The number of carboxylic acids is 1. The zero-order valence-electron chi connectivity index (χ0n) is 12.3. The molecular formula is C14H20N2O5. The van der Waals surface area contributed by atoms with Gasteiger partial charge in [-0.3, -0.25) is 0 Å². The van der Waals surface area contributed by atoms with E-state index in [-0.39, 0.29) is 17.8 Å². The van der Waals surface area contributed by atoms with Gasteiger partial charge in [0.25, 0.3) is 0 Å². The molecule has 0 saturated carbocycles. The van der Waals surface area contributed by atoms with Crippen LogP contribution in [0.5, 0.6) is 5.75 Å². The fraction of sp³-hybridized carbons (Fsp3) is 0.429. The van der Waals surface area contributed by atoms with E-state index in [9.17, 15) is 19.8 Å². The number of nitrogens with one attached hydrogen (secondary N) is 1. The number of benzene rings is 1. The van der Waals surface area contributed by atoms with Crippen molar-refractivity contribution >= 4 is 17.7 Å². The van der Waals surface area contributed by atoms with Gasteiger partial charge in [-0.15, -0.1) is 0 Å². The molecule has 0 unspecified atom stereocenters. The lowest BCUT2D eigenvalue weighted by atomic mass is 10.1. The fourth-order valence-electron chi connectivity index (χ4n) is 1.79. The van der Waals surface area contributed by atoms with Crippen molar-refractivity contribution < 1.29 is 24.9 Å². The number of urea groups is 1. The smallest absolute Gasteiger partial charge is 0.339 e. The molecule has 1 aromatic carbocycles. The highest BCUT2D eigenvalue weighted by Gasteiger charge is 2.21. The number of nitrogens with zero attached hydrogens (tertiary/aromatic N) is 1. The molecule has 1 aromatic rings. The van der Waals surface area contributed by atoms with Gasteiger partial charge in [0, 0.05) is 18.3 Å². The highest BCUT2D eigenvalue weighted by atomic mass is 16.4. The molecule has 0 radical (unpaired) electrons. The third kappa shape index (κ3) is 4.96. The summed E-state index contributed by atoms with van der Waals surface area (Å²) in [5.74, 6) is -1.67. The fourth-order valence-corrected chi connectivity index (χ4v) is 1.79. The summed E-state index contributed by atoms with van der Waals surface area (Å²) in [5, 5.41) is 30.7. The number of aromatic hydroxyl groups is 1. The predicted molar refractivity (Wildman–Crippen MR) is 77.6 cm³/mol. The molecule has 1 rings (SSSR count). The Bertz CT molecular complexity index is 537. The first-order valence-electron chi connectivity index (χ1n) is 6.48. The summed E-state index contributed by atoms with van der Waals surface area (Å²) in [6.45, 7) is 5.51. The van der Waals surface area contributed by atoms with Gasteiger partial charge in [-0.1, -0.05) is 0 Å². The minimum Gasteiger partial charge on any atom is -0.507 e. The molecular weight excluding hydrogens is 276 g/mol. The molecule has 7 heteroatoms. The number of phenols is 1. The number of rotatable bonds is 5. The highest BCUT2D eigenvalue weighted by molar-refractivity contribution is 5.94. The Labute approximate surface area is 122 Å². The van der Waals surface area contributed by atoms with Crippen LogP contribution in [-0.2, 0) is 0 Å². The third-order valence-corrected chi connectivity index (χ3v) is 2.73. The lowest BCUT2D eigenvalue weighted by Gasteiger charge is -2.28. The largest absolute Gasteiger partial charge is 0.507 e. The average molecular weight is 296 g/mol. The molecule has 0 atom stereocenters. The van der Waals surface area contributed by atoms with Gasteiger partial charge in [-0.2, -0.15) is 0 Å². The Morgan fingerprint density at radius 1 is 1.33 bits per heavy atom. The van der Waals surface area contributed by atoms with Crippen LogP contribution >= 0.6 is 0 Å². The Morgan fingerprint density at radius 2 is 1.95 bits per heavy atom. The second kappa shape index (κ2) is 6.45. The summed E-state index contributed by atoms with van der Waals surface area (Å²) < 4.78 is 0. The van der Waals surface area contributed by atoms with E-state index < -0.39 is 23.4 Å². The van der Waals surface area contributed by atoms with E-state index in [1.54, 1.807) is 20.8 Å². The standard InChI is InChI=1S/C14H20N2O5/c1-4-16(8-14(2,3)21)13(20)15-9-5-6-10(12(18)19)11(17)7-9/h5-7,17,21H,4,8H2,1-3H3,(H,15,20)(H,18,19). The molecule has 0 aliphatic heterocycles. The normalized spacial score (nSPS) is 11.0. The molecule has 2 amide bonds. The van der Waals surface area contributed by atoms with E-state index in [1.807, 2.05) is 0 Å². The lowest BCUT2D eigenvalue weighted by molar-refractivity contribution is 0.0501. The second-order valence-corrected chi connectivity index (χ2v) is 5.29. The minimum absolute atomic E-state index is 0.147. The molecule has 0 fully saturated rings. The van der Waals surface area contributed by atoms with E-state index in [1.165, 1.54) is 23.1 Å². The maximum Gasteiger partial charge on any atom is 0.339 e. The summed E-state index contributed by atoms with van der Waals surface area (Å²) in [4.78, 5) is 24.2. The molecule has 0 heterocycles. The van der Waals surface area contributed by atoms with Crippen molar-refractivity contribution in [3.63, 3.8) is 0 Å². The molecule has 0 bridgehead atoms. The van der Waals surface area contributed by atoms with E-state index in [0.717, 1.165) is 0 Å². The first-order valence-corrected chi connectivity index (χ1v) is 6.48. The van der Waals surface area contributed by atoms with Crippen molar-refractivity contribution in [2.24, 2.45) is 0 Å². The molecule has 7 nitrogen and oxygen atoms in total. The SMILES string of the molecule is CCN(CC(C)(C)O)C(=O)Nc1ccc(C(=O)O)c(O)c1. The summed E-state index contributed by atoms with van der Waals surface area (Å²) >= 11 is 0. The summed E-state index contributed by atoms with van der Waals surface area (Å²) in [7, 11) is 0. The maximum atomic E-state index is 12.1. The highest BCUT2D eigenvalue weighted by Crippen LogP contribution is 2.22. The Balaban J connectivity index is 2.82. The molecule has 0 aromatic heterocycles. The Morgan fingerprint density at radius 3 is 2.38 bits per heavy atom. The van der Waals surface area contributed by atoms with Crippen LogP contribution < -0.4 is 5.32 Å². The van der Waals surface area contributed by atoms with E-state index in [2.05, 4.69) is 5.32 Å². The zero-order valence-corrected chi connectivity index (χ0v) is 12.3. The summed E-state index contributed by atoms with van der Waals surface area (Å²) in [6.07, 6.45) is 0. The molecule has 0 aliphatic carbocycles. The van der Waals surface area contributed by atoms with Gasteiger partial charge in [0.2, 0.25) is 0 Å². The topological polar surface area (TPSA) is 110 Å². The molecule has 4 N–H and O–H groups in total. The number of aliphatic hydroxyl groups is 1. The van der Waals surface area contributed by atoms with Crippen molar-refractivity contribution in [1.29, 1.82) is 0 Å². The zero-order chi connectivity index (χ0) is 16.2. The first-order chi connectivity index (χ1) is 9.64. The number of aromatic carboxylic acids is 1. The average Bonchev–Trinajstić information content (AvgIpc) is 2.34. The number of carbonyl (C=O) groups excluding carboxylic acids is 1. The van der Waals surface area contributed by atoms with Gasteiger partial charge in [-0.25, -0.2) is 9.59 Å². The minimum atomic E-state index is -1.25. The van der Waals surface area contributed by atoms with Crippen LogP contribution in [0.3, 0.4) is 0 Å². The third-order valence-electron chi connectivity index (χ3n) is 2.73. The summed E-state index contributed by atoms with van der Waals surface area (Å²) in [5.41, 5.74) is -0.989. The number of likely N-dealkylation sites (N-methyl/N-ethyl adjacent to an activating group) is 1. The van der Waals surface area contributed by atoms with Gasteiger partial charge in [0.05, 0.1) is 12.1 Å². The van der Waals surface area contributed by atoms with Crippen molar-refractivity contribution in [3.05, 3.63) is 23.8 Å². The van der Waals surface area contributed by atoms with Crippen LogP contribution in [0.4, 0.5) is 10.5 Å². The van der Waals surface area contributed by atoms with Crippen LogP contribution in [0.15, 0.2) is 18.2 Å². The first kappa shape index (κ1) is 16.8. The molecule has 116 valence electrons. The van der Waals surface area contributed by atoms with Crippen LogP contribution in [-0.4, -0.2) is 50.9 Å². The van der Waals surface area contributed by atoms with Crippen LogP contribution in [0.2, 0.25) is 0 Å². The number of hydrogen-bond acceptors (Lipinski definition) is 4. The van der Waals surface area contributed by atoms with E-state index in [4.69, 9.17) is 5.11 Å². The number of amides is 2. The Hall–Kier alpha value is -2.28. The van der Waals surface area contributed by atoms with Gasteiger partial charge >= 0.3 is 12.0 Å². The summed E-state index contributed by atoms with van der Waals surface area (Å²) in [6, 6.07) is 3.32. The van der Waals surface area contributed by atoms with E-state index in [0.29, 0.717) is 6.54 Å². The maximum absolute atomic E-state index is 12.1. The van der Waals surface area contributed by atoms with Crippen molar-refractivity contribution in [2.45, 2.75) is 26.4 Å². The molecule has 0 aliphatic rings. The van der Waals surface area contributed by atoms with Crippen molar-refractivity contribution in [3.8, 4) is 5.75 Å². The number of carbonyl (C=O) groups is 2. The van der Waals surface area contributed by atoms with Gasteiger partial charge in [0.1, 0.15) is 11.3 Å². The van der Waals surface area contributed by atoms with Gasteiger partial charge in [0.15, 0.2) is 0 Å². The van der Waals surface area contributed by atoms with Crippen LogP contribution in [0.1, 0.15) is 31.1 Å². The quantitative estimate of drug-likeness (QED) is 0.661. The predicted octanol–water partition coefficient (Wildman–Crippen LogP) is 1.72. The molecule has 21 heavy (non-hydrogen) atoms. The van der Waals surface area contributed by atoms with Crippen LogP contribution in [0, 0.1) is 0 Å². The van der Waals surface area contributed by atoms with Gasteiger partial charge < -0.3 is 25.5 Å². The van der Waals surface area contributed by atoms with Gasteiger partial charge in [-0.05, 0) is 32.9 Å². The monoisotopic (exact) mass is 296 g/mol. The van der Waals surface area contributed by atoms with Crippen LogP contribution in [0.25, 0.3) is 0 Å². The number of hydrogen-bond donors (Lipinski definition) is 4. The second-order valence-electron chi connectivity index (χ2n) is 5.29. The molecule has 0 saturated heterocycles. The van der Waals surface area contributed by atoms with Crippen molar-refractivity contribution in [2.75, 3.05) is 18.4 Å². The lowest BCUT2D eigenvalue weighted by Crippen LogP contribution is -2.44. The Kier molecular flexibility index (Phi) is 5.15. The number of anilines is 1. The number of carboxylic acid groups (broad SMARTS) is 1. The van der Waals surface area contributed by atoms with Crippen molar-refractivity contribution in [1.82, 2.24) is 4.90 Å². The molecule has 0 spiro atoms.